The second kappa shape index (κ2) is 5.24. The molecule has 1 aromatic rings. The van der Waals surface area contributed by atoms with Gasteiger partial charge in [-0.1, -0.05) is 11.6 Å². The van der Waals surface area contributed by atoms with Crippen LogP contribution in [0.2, 0.25) is 5.02 Å². The minimum atomic E-state index is 0.0679. The summed E-state index contributed by atoms with van der Waals surface area (Å²) in [5.74, 6) is 1.35. The molecule has 0 aliphatic carbocycles. The van der Waals surface area contributed by atoms with Crippen LogP contribution in [-0.2, 0) is 6.42 Å². The van der Waals surface area contributed by atoms with Crippen molar-refractivity contribution in [2.75, 3.05) is 20.8 Å². The van der Waals surface area contributed by atoms with Gasteiger partial charge in [-0.15, -0.1) is 0 Å². The summed E-state index contributed by atoms with van der Waals surface area (Å²) in [6.45, 7) is 1.95. The molecule has 0 heterocycles. The lowest BCUT2D eigenvalue weighted by atomic mass is 10.1. The van der Waals surface area contributed by atoms with Gasteiger partial charge in [0, 0.05) is 12.2 Å². The summed E-state index contributed by atoms with van der Waals surface area (Å²) in [6, 6.07) is 1.77. The predicted molar refractivity (Wildman–Crippen MR) is 60.1 cm³/mol. The van der Waals surface area contributed by atoms with E-state index in [-0.39, 0.29) is 6.61 Å². The SMILES string of the molecule is COc1c(Cl)cc(CCO)c(OC)c1C. The minimum Gasteiger partial charge on any atom is -0.496 e. The maximum absolute atomic E-state index is 8.92. The Kier molecular flexibility index (Phi) is 4.24. The average Bonchev–Trinajstić information content (AvgIpc) is 2.19. The molecule has 84 valence electrons. The van der Waals surface area contributed by atoms with Gasteiger partial charge < -0.3 is 14.6 Å². The van der Waals surface area contributed by atoms with Crippen LogP contribution < -0.4 is 9.47 Å². The average molecular weight is 231 g/mol. The largest absolute Gasteiger partial charge is 0.496 e. The molecule has 0 amide bonds. The summed E-state index contributed by atoms with van der Waals surface area (Å²) < 4.78 is 10.5. The van der Waals surface area contributed by atoms with Gasteiger partial charge in [0.1, 0.15) is 11.5 Å². The number of aliphatic hydroxyl groups excluding tert-OH is 1. The van der Waals surface area contributed by atoms with E-state index in [0.29, 0.717) is 17.2 Å². The molecule has 0 aromatic heterocycles. The van der Waals surface area contributed by atoms with Gasteiger partial charge in [-0.2, -0.15) is 0 Å². The quantitative estimate of drug-likeness (QED) is 0.862. The van der Waals surface area contributed by atoms with Gasteiger partial charge in [0.05, 0.1) is 19.2 Å². The first-order valence-electron chi connectivity index (χ1n) is 4.66. The standard InChI is InChI=1S/C11H15ClO3/c1-7-10(14-2)8(4-5-13)6-9(12)11(7)15-3/h6,13H,4-5H2,1-3H3. The molecule has 15 heavy (non-hydrogen) atoms. The topological polar surface area (TPSA) is 38.7 Å². The van der Waals surface area contributed by atoms with Gasteiger partial charge in [0.15, 0.2) is 0 Å². The number of ether oxygens (including phenoxy) is 2. The first-order valence-corrected chi connectivity index (χ1v) is 5.04. The van der Waals surface area contributed by atoms with Gasteiger partial charge in [-0.25, -0.2) is 0 Å². The van der Waals surface area contributed by atoms with Crippen LogP contribution in [0.3, 0.4) is 0 Å². The molecular weight excluding hydrogens is 216 g/mol. The third-order valence-corrected chi connectivity index (χ3v) is 2.56. The Bertz CT molecular complexity index is 350. The molecule has 0 atom stereocenters. The fourth-order valence-corrected chi connectivity index (χ4v) is 2.00. The predicted octanol–water partition coefficient (Wildman–Crippen LogP) is 2.20. The van der Waals surface area contributed by atoms with E-state index in [2.05, 4.69) is 0 Å². The monoisotopic (exact) mass is 230 g/mol. The van der Waals surface area contributed by atoms with Crippen LogP contribution in [0.5, 0.6) is 11.5 Å². The minimum absolute atomic E-state index is 0.0679. The Hall–Kier alpha value is -0.930. The molecular formula is C11H15ClO3. The summed E-state index contributed by atoms with van der Waals surface area (Å²) in [6.07, 6.45) is 0.522. The van der Waals surface area contributed by atoms with E-state index in [4.69, 9.17) is 26.2 Å². The van der Waals surface area contributed by atoms with E-state index >= 15 is 0 Å². The Balaban J connectivity index is 3.30. The molecule has 1 rings (SSSR count). The number of rotatable bonds is 4. The summed E-state index contributed by atoms with van der Waals surface area (Å²) in [5, 5.41) is 9.46. The first-order chi connectivity index (χ1) is 7.15. The fourth-order valence-electron chi connectivity index (χ4n) is 1.65. The van der Waals surface area contributed by atoms with Crippen LogP contribution in [-0.4, -0.2) is 25.9 Å². The van der Waals surface area contributed by atoms with Crippen molar-refractivity contribution < 1.29 is 14.6 Å². The summed E-state index contributed by atoms with van der Waals surface area (Å²) in [4.78, 5) is 0. The molecule has 1 aromatic carbocycles. The molecule has 0 unspecified atom stereocenters. The molecule has 0 fully saturated rings. The molecule has 0 aliphatic rings. The van der Waals surface area contributed by atoms with Gasteiger partial charge >= 0.3 is 0 Å². The zero-order valence-corrected chi connectivity index (χ0v) is 9.89. The van der Waals surface area contributed by atoms with E-state index in [0.717, 1.165) is 16.9 Å². The van der Waals surface area contributed by atoms with Crippen molar-refractivity contribution in [2.45, 2.75) is 13.3 Å². The number of benzene rings is 1. The second-order valence-corrected chi connectivity index (χ2v) is 3.59. The highest BCUT2D eigenvalue weighted by atomic mass is 35.5. The first kappa shape index (κ1) is 12.1. The summed E-state index contributed by atoms with van der Waals surface area (Å²) >= 11 is 6.04. The molecule has 0 spiro atoms. The number of methoxy groups -OCH3 is 2. The molecule has 1 N–H and O–H groups in total. The highest BCUT2D eigenvalue weighted by Gasteiger charge is 2.14. The summed E-state index contributed by atoms with van der Waals surface area (Å²) in [5.41, 5.74) is 1.75. The van der Waals surface area contributed by atoms with Gasteiger partial charge in [0.25, 0.3) is 0 Å². The molecule has 0 aliphatic heterocycles. The third-order valence-electron chi connectivity index (χ3n) is 2.28. The van der Waals surface area contributed by atoms with Gasteiger partial charge in [-0.05, 0) is 25.0 Å². The number of hydrogen-bond donors (Lipinski definition) is 1. The summed E-state index contributed by atoms with van der Waals surface area (Å²) in [7, 11) is 3.16. The van der Waals surface area contributed by atoms with Crippen molar-refractivity contribution in [2.24, 2.45) is 0 Å². The highest BCUT2D eigenvalue weighted by Crippen LogP contribution is 2.37. The lowest BCUT2D eigenvalue weighted by Crippen LogP contribution is -2.00. The smallest absolute Gasteiger partial charge is 0.144 e. The number of aliphatic hydroxyl groups is 1. The number of halogens is 1. The van der Waals surface area contributed by atoms with Crippen molar-refractivity contribution in [3.05, 3.63) is 22.2 Å². The zero-order valence-electron chi connectivity index (χ0n) is 9.13. The van der Waals surface area contributed by atoms with Crippen LogP contribution in [0.1, 0.15) is 11.1 Å². The lowest BCUT2D eigenvalue weighted by molar-refractivity contribution is 0.296. The van der Waals surface area contributed by atoms with Crippen LogP contribution in [0, 0.1) is 6.92 Å². The zero-order chi connectivity index (χ0) is 11.4. The van der Waals surface area contributed by atoms with E-state index in [1.165, 1.54) is 0 Å². The van der Waals surface area contributed by atoms with Crippen molar-refractivity contribution in [3.63, 3.8) is 0 Å². The normalized spacial score (nSPS) is 10.2. The van der Waals surface area contributed by atoms with Crippen LogP contribution in [0.4, 0.5) is 0 Å². The Morgan fingerprint density at radius 1 is 1.27 bits per heavy atom. The van der Waals surface area contributed by atoms with Gasteiger partial charge in [0.2, 0.25) is 0 Å². The molecule has 0 saturated heterocycles. The molecule has 0 saturated carbocycles. The van der Waals surface area contributed by atoms with Crippen molar-refractivity contribution in [1.82, 2.24) is 0 Å². The molecule has 0 radical (unpaired) electrons. The molecule has 3 nitrogen and oxygen atoms in total. The fraction of sp³-hybridized carbons (Fsp3) is 0.455. The highest BCUT2D eigenvalue weighted by molar-refractivity contribution is 6.32. The van der Waals surface area contributed by atoms with E-state index in [1.807, 2.05) is 6.92 Å². The number of hydrogen-bond acceptors (Lipinski definition) is 3. The Labute approximate surface area is 94.6 Å². The lowest BCUT2D eigenvalue weighted by Gasteiger charge is -2.15. The van der Waals surface area contributed by atoms with Crippen molar-refractivity contribution in [1.29, 1.82) is 0 Å². The maximum atomic E-state index is 8.92. The Morgan fingerprint density at radius 2 is 1.87 bits per heavy atom. The van der Waals surface area contributed by atoms with Crippen LogP contribution >= 0.6 is 11.6 Å². The maximum Gasteiger partial charge on any atom is 0.144 e. The van der Waals surface area contributed by atoms with Gasteiger partial charge in [-0.3, -0.25) is 0 Å². The van der Waals surface area contributed by atoms with Crippen molar-refractivity contribution >= 4 is 11.6 Å². The molecule has 0 bridgehead atoms. The second-order valence-electron chi connectivity index (χ2n) is 3.18. The van der Waals surface area contributed by atoms with E-state index in [9.17, 15) is 0 Å². The third kappa shape index (κ3) is 2.36. The van der Waals surface area contributed by atoms with Crippen LogP contribution in [0.25, 0.3) is 0 Å². The van der Waals surface area contributed by atoms with E-state index < -0.39 is 0 Å². The van der Waals surface area contributed by atoms with Crippen molar-refractivity contribution in [3.8, 4) is 11.5 Å². The van der Waals surface area contributed by atoms with E-state index in [1.54, 1.807) is 20.3 Å². The molecule has 4 heteroatoms. The Morgan fingerprint density at radius 3 is 2.33 bits per heavy atom. The van der Waals surface area contributed by atoms with Crippen LogP contribution in [0.15, 0.2) is 6.07 Å².